The lowest BCUT2D eigenvalue weighted by atomic mass is 10.2. The molecule has 0 aromatic rings. The van der Waals surface area contributed by atoms with Crippen molar-refractivity contribution in [2.75, 3.05) is 23.1 Å². The second-order valence-electron chi connectivity index (χ2n) is 4.16. The van der Waals surface area contributed by atoms with E-state index in [1.165, 1.54) is 16.7 Å². The van der Waals surface area contributed by atoms with Crippen molar-refractivity contribution in [1.82, 2.24) is 10.2 Å². The summed E-state index contributed by atoms with van der Waals surface area (Å²) in [6.07, 6.45) is 0.906. The van der Waals surface area contributed by atoms with Gasteiger partial charge in [-0.25, -0.2) is 9.59 Å². The van der Waals surface area contributed by atoms with E-state index in [1.54, 1.807) is 0 Å². The van der Waals surface area contributed by atoms with Gasteiger partial charge >= 0.3 is 12.0 Å². The Labute approximate surface area is 116 Å². The van der Waals surface area contributed by atoms with Gasteiger partial charge < -0.3 is 15.3 Å². The number of carbonyl (C=O) groups excluding carboxylic acids is 1. The number of amides is 2. The maximum absolute atomic E-state index is 11.9. The second-order valence-corrected chi connectivity index (χ2v) is 6.55. The highest BCUT2D eigenvalue weighted by Gasteiger charge is 2.34. The Balaban J connectivity index is 2.37. The number of rotatable bonds is 6. The molecule has 0 radical (unpaired) electrons. The van der Waals surface area contributed by atoms with Crippen LogP contribution < -0.4 is 5.32 Å². The lowest BCUT2D eigenvalue weighted by Crippen LogP contribution is -2.49. The predicted octanol–water partition coefficient (Wildman–Crippen LogP) is 1.69. The highest BCUT2D eigenvalue weighted by molar-refractivity contribution is 7.99. The van der Waals surface area contributed by atoms with Crippen molar-refractivity contribution in [1.29, 1.82) is 0 Å². The quantitative estimate of drug-likeness (QED) is 0.729. The normalized spacial score (nSPS) is 20.8. The molecular weight excluding hydrogens is 272 g/mol. The number of carbonyl (C=O) groups is 2. The van der Waals surface area contributed by atoms with Crippen LogP contribution in [0.1, 0.15) is 20.3 Å². The largest absolute Gasteiger partial charge is 0.480 e. The third-order valence-electron chi connectivity index (χ3n) is 2.70. The van der Waals surface area contributed by atoms with Crippen LogP contribution in [-0.4, -0.2) is 57.2 Å². The van der Waals surface area contributed by atoms with Crippen molar-refractivity contribution in [2.45, 2.75) is 32.4 Å². The highest BCUT2D eigenvalue weighted by Crippen LogP contribution is 2.21. The molecule has 1 fully saturated rings. The van der Waals surface area contributed by atoms with E-state index in [2.05, 4.69) is 12.2 Å². The Morgan fingerprint density at radius 3 is 2.94 bits per heavy atom. The minimum Gasteiger partial charge on any atom is -0.480 e. The Bertz CT molecular complexity index is 302. The van der Waals surface area contributed by atoms with E-state index in [1.807, 2.05) is 18.7 Å². The van der Waals surface area contributed by atoms with Crippen molar-refractivity contribution >= 4 is 35.5 Å². The molecule has 1 heterocycles. The molecule has 2 amide bonds. The topological polar surface area (TPSA) is 69.6 Å². The minimum absolute atomic E-state index is 0.0802. The first kappa shape index (κ1) is 15.5. The van der Waals surface area contributed by atoms with Gasteiger partial charge in [-0.15, -0.1) is 11.8 Å². The van der Waals surface area contributed by atoms with Gasteiger partial charge in [0.25, 0.3) is 0 Å². The Hall–Kier alpha value is -0.560. The number of nitrogens with zero attached hydrogens (tertiary/aromatic N) is 1. The third-order valence-corrected chi connectivity index (χ3v) is 4.64. The van der Waals surface area contributed by atoms with E-state index >= 15 is 0 Å². The van der Waals surface area contributed by atoms with Gasteiger partial charge in [-0.3, -0.25) is 0 Å². The van der Waals surface area contributed by atoms with Crippen LogP contribution in [0.2, 0.25) is 0 Å². The van der Waals surface area contributed by atoms with E-state index < -0.39 is 12.0 Å². The van der Waals surface area contributed by atoms with Gasteiger partial charge in [0.05, 0.1) is 5.88 Å². The van der Waals surface area contributed by atoms with E-state index in [-0.39, 0.29) is 12.1 Å². The third kappa shape index (κ3) is 4.61. The van der Waals surface area contributed by atoms with Crippen molar-refractivity contribution in [3.63, 3.8) is 0 Å². The zero-order valence-electron chi connectivity index (χ0n) is 10.7. The zero-order chi connectivity index (χ0) is 13.5. The van der Waals surface area contributed by atoms with Crippen LogP contribution >= 0.6 is 23.5 Å². The maximum atomic E-state index is 11.9. The molecule has 0 aliphatic carbocycles. The lowest BCUT2D eigenvalue weighted by Gasteiger charge is -2.23. The SMILES string of the molecule is CCSCCC(C)NC(=O)N1CSC[C@H]1C(=O)O. The van der Waals surface area contributed by atoms with Crippen LogP contribution in [0, 0.1) is 0 Å². The fourth-order valence-electron chi connectivity index (χ4n) is 1.62. The summed E-state index contributed by atoms with van der Waals surface area (Å²) in [7, 11) is 0. The number of hydrogen-bond donors (Lipinski definition) is 2. The van der Waals surface area contributed by atoms with Gasteiger partial charge in [-0.1, -0.05) is 6.92 Å². The molecule has 1 unspecified atom stereocenters. The molecule has 0 bridgehead atoms. The number of urea groups is 1. The molecule has 18 heavy (non-hydrogen) atoms. The average molecular weight is 292 g/mol. The molecule has 1 rings (SSSR count). The molecule has 0 aromatic heterocycles. The lowest BCUT2D eigenvalue weighted by molar-refractivity contribution is -0.140. The monoisotopic (exact) mass is 292 g/mol. The van der Waals surface area contributed by atoms with E-state index in [0.717, 1.165) is 17.9 Å². The van der Waals surface area contributed by atoms with Crippen molar-refractivity contribution in [3.05, 3.63) is 0 Å². The molecule has 0 saturated carbocycles. The minimum atomic E-state index is -0.927. The molecule has 2 atom stereocenters. The van der Waals surface area contributed by atoms with Gasteiger partial charge in [0.1, 0.15) is 6.04 Å². The van der Waals surface area contributed by atoms with Gasteiger partial charge in [0.15, 0.2) is 0 Å². The van der Waals surface area contributed by atoms with Crippen molar-refractivity contribution < 1.29 is 14.7 Å². The first-order valence-corrected chi connectivity index (χ1v) is 8.32. The molecule has 1 aliphatic heterocycles. The number of hydrogen-bond acceptors (Lipinski definition) is 4. The van der Waals surface area contributed by atoms with Gasteiger partial charge in [-0.05, 0) is 24.9 Å². The summed E-state index contributed by atoms with van der Waals surface area (Å²) in [5.41, 5.74) is 0. The number of nitrogens with one attached hydrogen (secondary N) is 1. The first-order valence-electron chi connectivity index (χ1n) is 6.01. The zero-order valence-corrected chi connectivity index (χ0v) is 12.4. The van der Waals surface area contributed by atoms with Crippen molar-refractivity contribution in [2.24, 2.45) is 0 Å². The molecule has 0 aromatic carbocycles. The summed E-state index contributed by atoms with van der Waals surface area (Å²) >= 11 is 3.31. The van der Waals surface area contributed by atoms with Crippen LogP contribution in [0.4, 0.5) is 4.79 Å². The maximum Gasteiger partial charge on any atom is 0.327 e. The van der Waals surface area contributed by atoms with Crippen LogP contribution in [0.5, 0.6) is 0 Å². The van der Waals surface area contributed by atoms with Crippen LogP contribution in [-0.2, 0) is 4.79 Å². The molecule has 2 N–H and O–H groups in total. The molecule has 0 spiro atoms. The fraction of sp³-hybridized carbons (Fsp3) is 0.818. The summed E-state index contributed by atoms with van der Waals surface area (Å²) in [6.45, 7) is 4.06. The second kappa shape index (κ2) is 7.78. The number of carboxylic acids is 1. The predicted molar refractivity (Wildman–Crippen MR) is 76.2 cm³/mol. The summed E-state index contributed by atoms with van der Waals surface area (Å²) in [5, 5.41) is 11.9. The number of thioether (sulfide) groups is 2. The fourth-order valence-corrected chi connectivity index (χ4v) is 3.57. The Morgan fingerprint density at radius 2 is 2.33 bits per heavy atom. The smallest absolute Gasteiger partial charge is 0.327 e. The van der Waals surface area contributed by atoms with Gasteiger partial charge in [-0.2, -0.15) is 11.8 Å². The standard InChI is InChI=1S/C11H20N2O3S2/c1-3-17-5-4-8(2)12-11(16)13-7-18-6-9(13)10(14)15/h8-9H,3-7H2,1-2H3,(H,12,16)(H,14,15)/t8?,9-/m0/s1. The molecule has 1 aliphatic rings. The summed E-state index contributed by atoms with van der Waals surface area (Å²) in [5.74, 6) is 2.09. The van der Waals surface area contributed by atoms with Crippen LogP contribution in [0.15, 0.2) is 0 Å². The average Bonchev–Trinajstić information content (AvgIpc) is 2.78. The summed E-state index contributed by atoms with van der Waals surface area (Å²) in [4.78, 5) is 24.3. The van der Waals surface area contributed by atoms with Gasteiger partial charge in [0, 0.05) is 11.8 Å². The molecule has 104 valence electrons. The summed E-state index contributed by atoms with van der Waals surface area (Å²) < 4.78 is 0. The first-order chi connectivity index (χ1) is 8.56. The van der Waals surface area contributed by atoms with Gasteiger partial charge in [0.2, 0.25) is 0 Å². The Morgan fingerprint density at radius 1 is 1.61 bits per heavy atom. The van der Waals surface area contributed by atoms with Crippen LogP contribution in [0.3, 0.4) is 0 Å². The number of aliphatic carboxylic acids is 1. The molecule has 7 heteroatoms. The Kier molecular flexibility index (Phi) is 6.70. The molecule has 1 saturated heterocycles. The molecule has 5 nitrogen and oxygen atoms in total. The highest BCUT2D eigenvalue weighted by atomic mass is 32.2. The van der Waals surface area contributed by atoms with Crippen LogP contribution in [0.25, 0.3) is 0 Å². The van der Waals surface area contributed by atoms with Crippen molar-refractivity contribution in [3.8, 4) is 0 Å². The van der Waals surface area contributed by atoms with E-state index in [4.69, 9.17) is 5.11 Å². The van der Waals surface area contributed by atoms with E-state index in [0.29, 0.717) is 11.6 Å². The number of carboxylic acid groups (broad SMARTS) is 1. The molecular formula is C11H20N2O3S2. The van der Waals surface area contributed by atoms with E-state index in [9.17, 15) is 9.59 Å². The summed E-state index contributed by atoms with van der Waals surface area (Å²) in [6, 6.07) is -0.870.